The summed E-state index contributed by atoms with van der Waals surface area (Å²) in [7, 11) is 1.51. The van der Waals surface area contributed by atoms with Gasteiger partial charge in [-0.3, -0.25) is 5.32 Å². The molecule has 1 aliphatic carbocycles. The van der Waals surface area contributed by atoms with Crippen LogP contribution in [0, 0.1) is 19.7 Å². The molecule has 14 heteroatoms. The summed E-state index contributed by atoms with van der Waals surface area (Å²) in [5.41, 5.74) is 3.48. The number of fused-ring (bicyclic) bond motifs is 2. The molecule has 0 radical (unpaired) electrons. The van der Waals surface area contributed by atoms with Crippen molar-refractivity contribution in [2.45, 2.75) is 51.2 Å². The minimum Gasteiger partial charge on any atom is -0.483 e. The van der Waals surface area contributed by atoms with Crippen LogP contribution in [0.15, 0.2) is 42.9 Å². The van der Waals surface area contributed by atoms with Crippen molar-refractivity contribution >= 4 is 44.4 Å². The summed E-state index contributed by atoms with van der Waals surface area (Å²) in [5, 5.41) is 3.04. The Morgan fingerprint density at radius 3 is 2.58 bits per heavy atom. The topological polar surface area (TPSA) is 121 Å². The number of nitrogens with one attached hydrogen (secondary N) is 1. The molecule has 0 bridgehead atoms. The number of hydrogen-bond donors (Lipinski definition) is 1. The quantitative estimate of drug-likeness (QED) is 0.225. The van der Waals surface area contributed by atoms with Gasteiger partial charge in [-0.15, -0.1) is 11.3 Å². The second kappa shape index (κ2) is 11.2. The zero-order valence-electron chi connectivity index (χ0n) is 23.2. The SMILES string of the molecule is COc1cnc2c(-c3nc4cc(F)c(O[C@@H]5CC(F)(F)CC[C@@H]5OC(=O)Nc5cnc(C)nc5)cc4s3)cc(C)cc2n1. The first-order chi connectivity index (χ1) is 20.6. The average Bonchev–Trinajstić information content (AvgIpc) is 3.37. The molecular weight excluding hydrogens is 585 g/mol. The maximum atomic E-state index is 15.3. The lowest BCUT2D eigenvalue weighted by Crippen LogP contribution is -2.45. The van der Waals surface area contributed by atoms with E-state index in [1.807, 2.05) is 19.1 Å². The number of rotatable bonds is 6. The molecule has 1 saturated carbocycles. The highest BCUT2D eigenvalue weighted by Gasteiger charge is 2.45. The fourth-order valence-corrected chi connectivity index (χ4v) is 5.86. The average molecular weight is 611 g/mol. The molecule has 1 amide bonds. The molecule has 5 aromatic rings. The van der Waals surface area contributed by atoms with Crippen LogP contribution in [0.4, 0.5) is 23.7 Å². The van der Waals surface area contributed by atoms with E-state index in [0.29, 0.717) is 43.5 Å². The van der Waals surface area contributed by atoms with Crippen molar-refractivity contribution in [3.05, 3.63) is 60.1 Å². The summed E-state index contributed by atoms with van der Waals surface area (Å²) < 4.78 is 61.1. The maximum absolute atomic E-state index is 15.3. The Morgan fingerprint density at radius 1 is 1.02 bits per heavy atom. The van der Waals surface area contributed by atoms with Gasteiger partial charge in [-0.2, -0.15) is 0 Å². The normalized spacial score (nSPS) is 18.0. The predicted molar refractivity (Wildman–Crippen MR) is 153 cm³/mol. The van der Waals surface area contributed by atoms with Crippen LogP contribution >= 0.6 is 11.3 Å². The van der Waals surface area contributed by atoms with Gasteiger partial charge < -0.3 is 14.2 Å². The largest absolute Gasteiger partial charge is 0.483 e. The minimum atomic E-state index is -3.07. The van der Waals surface area contributed by atoms with Gasteiger partial charge in [0.25, 0.3) is 5.92 Å². The van der Waals surface area contributed by atoms with Gasteiger partial charge in [0.1, 0.15) is 23.0 Å². The van der Waals surface area contributed by atoms with Crippen LogP contribution in [0.2, 0.25) is 0 Å². The van der Waals surface area contributed by atoms with Crippen molar-refractivity contribution in [1.82, 2.24) is 24.9 Å². The van der Waals surface area contributed by atoms with Crippen LogP contribution in [-0.4, -0.2) is 56.3 Å². The molecular formula is C29H25F3N6O4S. The molecule has 3 aromatic heterocycles. The number of ether oxygens (including phenoxy) is 3. The Hall–Kier alpha value is -4.59. The Labute approximate surface area is 247 Å². The van der Waals surface area contributed by atoms with E-state index in [-0.39, 0.29) is 17.9 Å². The fraction of sp³-hybridized carbons (Fsp3) is 0.310. The van der Waals surface area contributed by atoms with Crippen molar-refractivity contribution in [2.75, 3.05) is 12.4 Å². The third kappa shape index (κ3) is 6.14. The van der Waals surface area contributed by atoms with Crippen LogP contribution in [0.1, 0.15) is 30.7 Å². The van der Waals surface area contributed by atoms with Crippen LogP contribution in [-0.2, 0) is 4.74 Å². The van der Waals surface area contributed by atoms with Crippen molar-refractivity contribution in [2.24, 2.45) is 0 Å². The van der Waals surface area contributed by atoms with Crippen molar-refractivity contribution in [3.63, 3.8) is 0 Å². The first-order valence-electron chi connectivity index (χ1n) is 13.3. The number of alkyl halides is 2. The first kappa shape index (κ1) is 28.5. The number of aryl methyl sites for hydroxylation is 2. The summed E-state index contributed by atoms with van der Waals surface area (Å²) in [5.74, 6) is -3.22. The first-order valence-corrected chi connectivity index (χ1v) is 14.1. The van der Waals surface area contributed by atoms with E-state index in [9.17, 15) is 13.6 Å². The molecule has 2 atom stereocenters. The fourth-order valence-electron chi connectivity index (χ4n) is 4.87. The van der Waals surface area contributed by atoms with E-state index in [1.54, 1.807) is 6.92 Å². The van der Waals surface area contributed by atoms with Gasteiger partial charge in [-0.25, -0.2) is 42.9 Å². The number of benzene rings is 2. The molecule has 10 nitrogen and oxygen atoms in total. The summed E-state index contributed by atoms with van der Waals surface area (Å²) in [4.78, 5) is 34.0. The van der Waals surface area contributed by atoms with Crippen LogP contribution in [0.25, 0.3) is 31.8 Å². The molecule has 222 valence electrons. The number of halogens is 3. The zero-order valence-corrected chi connectivity index (χ0v) is 24.0. The number of aromatic nitrogens is 5. The van der Waals surface area contributed by atoms with E-state index >= 15 is 4.39 Å². The number of methoxy groups -OCH3 is 1. The summed E-state index contributed by atoms with van der Waals surface area (Å²) >= 11 is 1.27. The second-order valence-electron chi connectivity index (χ2n) is 10.2. The van der Waals surface area contributed by atoms with Crippen molar-refractivity contribution in [1.29, 1.82) is 0 Å². The number of hydrogen-bond acceptors (Lipinski definition) is 10. The number of carbonyl (C=O) groups is 1. The van der Waals surface area contributed by atoms with Crippen molar-refractivity contribution < 1.29 is 32.2 Å². The summed E-state index contributed by atoms with van der Waals surface area (Å²) in [6.07, 6.45) is -0.359. The molecule has 43 heavy (non-hydrogen) atoms. The monoisotopic (exact) mass is 610 g/mol. The van der Waals surface area contributed by atoms with Gasteiger partial charge in [-0.1, -0.05) is 0 Å². The van der Waals surface area contributed by atoms with E-state index in [0.717, 1.165) is 5.56 Å². The number of amides is 1. The smallest absolute Gasteiger partial charge is 0.412 e. The maximum Gasteiger partial charge on any atom is 0.412 e. The zero-order chi connectivity index (χ0) is 30.3. The molecule has 0 saturated heterocycles. The highest BCUT2D eigenvalue weighted by Crippen LogP contribution is 2.40. The van der Waals surface area contributed by atoms with Gasteiger partial charge in [0.15, 0.2) is 11.6 Å². The standard InChI is InChI=1S/C29H25F3N6O4S/c1-14-6-17(26-20(7-14)37-25(40-3)13-35-26)27-38-19-8-18(30)22(9-24(19)43-27)41-23-10-29(31,32)5-4-21(23)42-28(39)36-16-11-33-15(2)34-12-16/h6-9,11-13,21,23H,4-5,10H2,1-3H3,(H,36,39)/t21-,23+/m0/s1. The van der Waals surface area contributed by atoms with Gasteiger partial charge in [-0.05, 0) is 38.0 Å². The van der Waals surface area contributed by atoms with Gasteiger partial charge >= 0.3 is 6.09 Å². The number of thiazole rings is 1. The minimum absolute atomic E-state index is 0.170. The van der Waals surface area contributed by atoms with Crippen LogP contribution < -0.4 is 14.8 Å². The molecule has 2 aromatic carbocycles. The third-order valence-electron chi connectivity index (χ3n) is 6.92. The number of nitrogens with zero attached hydrogens (tertiary/aromatic N) is 5. The Kier molecular flexibility index (Phi) is 7.46. The lowest BCUT2D eigenvalue weighted by Gasteiger charge is -2.35. The van der Waals surface area contributed by atoms with E-state index in [1.165, 1.54) is 49.2 Å². The van der Waals surface area contributed by atoms with Crippen LogP contribution in [0.5, 0.6) is 11.6 Å². The van der Waals surface area contributed by atoms with Gasteiger partial charge in [0.05, 0.1) is 59.1 Å². The second-order valence-corrected chi connectivity index (χ2v) is 11.2. The number of anilines is 1. The Bertz CT molecular complexity index is 1840. The molecule has 0 spiro atoms. The molecule has 1 aliphatic rings. The van der Waals surface area contributed by atoms with E-state index in [2.05, 4.69) is 30.2 Å². The number of carbonyl (C=O) groups excluding carboxylic acids is 1. The van der Waals surface area contributed by atoms with Gasteiger partial charge in [0.2, 0.25) is 5.88 Å². The van der Waals surface area contributed by atoms with E-state index in [4.69, 9.17) is 14.2 Å². The predicted octanol–water partition coefficient (Wildman–Crippen LogP) is 6.64. The summed E-state index contributed by atoms with van der Waals surface area (Å²) in [6.45, 7) is 3.60. The molecule has 6 rings (SSSR count). The van der Waals surface area contributed by atoms with E-state index < -0.39 is 42.9 Å². The third-order valence-corrected chi connectivity index (χ3v) is 7.98. The molecule has 0 unspecified atom stereocenters. The molecule has 0 aliphatic heterocycles. The van der Waals surface area contributed by atoms with Gasteiger partial charge in [0, 0.05) is 24.1 Å². The lowest BCUT2D eigenvalue weighted by atomic mass is 9.91. The Morgan fingerprint density at radius 2 is 1.81 bits per heavy atom. The molecule has 1 N–H and O–H groups in total. The Balaban J connectivity index is 1.27. The molecule has 1 fully saturated rings. The summed E-state index contributed by atoms with van der Waals surface area (Å²) in [6, 6.07) is 6.40. The highest BCUT2D eigenvalue weighted by atomic mass is 32.1. The van der Waals surface area contributed by atoms with Crippen molar-refractivity contribution in [3.8, 4) is 22.2 Å². The highest BCUT2D eigenvalue weighted by molar-refractivity contribution is 7.21. The molecule has 3 heterocycles. The lowest BCUT2D eigenvalue weighted by molar-refractivity contribution is -0.114. The van der Waals surface area contributed by atoms with Crippen LogP contribution in [0.3, 0.4) is 0 Å².